The molecule has 6 nitrogen and oxygen atoms in total. The van der Waals surface area contributed by atoms with Crippen molar-refractivity contribution in [3.8, 4) is 0 Å². The number of fused-ring (bicyclic) bond motifs is 1. The number of methoxy groups -OCH3 is 1. The van der Waals surface area contributed by atoms with Crippen molar-refractivity contribution in [2.24, 2.45) is 5.16 Å². The first kappa shape index (κ1) is 12.8. The van der Waals surface area contributed by atoms with Gasteiger partial charge in [0.25, 0.3) is 0 Å². The third-order valence-electron chi connectivity index (χ3n) is 3.23. The molecule has 0 bridgehead atoms. The first-order chi connectivity index (χ1) is 7.84. The Hall–Kier alpha value is -0.690. The Morgan fingerprint density at radius 3 is 2.53 bits per heavy atom. The molecule has 0 amide bonds. The number of rotatable bonds is 1. The van der Waals surface area contributed by atoms with Crippen LogP contribution in [-0.2, 0) is 18.9 Å². The Morgan fingerprint density at radius 1 is 1.35 bits per heavy atom. The molecule has 1 N–H and O–H groups in total. The smallest absolute Gasteiger partial charge is 0.187 e. The van der Waals surface area contributed by atoms with E-state index >= 15 is 0 Å². The van der Waals surface area contributed by atoms with Crippen LogP contribution < -0.4 is 0 Å². The third kappa shape index (κ3) is 1.85. The zero-order valence-electron chi connectivity index (χ0n) is 10.8. The summed E-state index contributed by atoms with van der Waals surface area (Å²) in [6.07, 6.45) is -1.38. The molecule has 0 unspecified atom stereocenters. The van der Waals surface area contributed by atoms with Crippen molar-refractivity contribution in [2.45, 2.75) is 57.6 Å². The van der Waals surface area contributed by atoms with E-state index in [4.69, 9.17) is 24.2 Å². The number of ether oxygens (including phenoxy) is 4. The zero-order valence-corrected chi connectivity index (χ0v) is 10.8. The summed E-state index contributed by atoms with van der Waals surface area (Å²) in [6, 6.07) is 0. The molecule has 0 aromatic rings. The molecule has 2 heterocycles. The lowest BCUT2D eigenvalue weighted by Gasteiger charge is -2.41. The van der Waals surface area contributed by atoms with Crippen molar-refractivity contribution in [3.63, 3.8) is 0 Å². The minimum absolute atomic E-state index is 0.385. The van der Waals surface area contributed by atoms with Crippen LogP contribution in [0.2, 0.25) is 0 Å². The maximum absolute atomic E-state index is 9.13. The highest BCUT2D eigenvalue weighted by molar-refractivity contribution is 5.97. The summed E-state index contributed by atoms with van der Waals surface area (Å²) in [5, 5.41) is 12.4. The summed E-state index contributed by atoms with van der Waals surface area (Å²) in [7, 11) is 1.55. The highest BCUT2D eigenvalue weighted by Crippen LogP contribution is 2.43. The van der Waals surface area contributed by atoms with Gasteiger partial charge in [-0.25, -0.2) is 0 Å². The van der Waals surface area contributed by atoms with Gasteiger partial charge in [-0.15, -0.1) is 0 Å². The van der Waals surface area contributed by atoms with Gasteiger partial charge in [-0.3, -0.25) is 0 Å². The highest BCUT2D eigenvalue weighted by atomic mass is 16.8. The normalized spacial score (nSPS) is 47.1. The van der Waals surface area contributed by atoms with Gasteiger partial charge in [0, 0.05) is 7.11 Å². The summed E-state index contributed by atoms with van der Waals surface area (Å²) < 4.78 is 22.5. The van der Waals surface area contributed by atoms with Crippen molar-refractivity contribution in [1.29, 1.82) is 0 Å². The van der Waals surface area contributed by atoms with E-state index in [9.17, 15) is 0 Å². The molecule has 2 saturated heterocycles. The van der Waals surface area contributed by atoms with Crippen LogP contribution in [0.1, 0.15) is 27.7 Å². The number of hydrogen-bond donors (Lipinski definition) is 1. The van der Waals surface area contributed by atoms with E-state index in [2.05, 4.69) is 5.16 Å². The molecule has 0 radical (unpaired) electrons. The molecule has 17 heavy (non-hydrogen) atoms. The highest BCUT2D eigenvalue weighted by Gasteiger charge is 2.61. The summed E-state index contributed by atoms with van der Waals surface area (Å²) in [5.74, 6) is -0.764. The lowest BCUT2D eigenvalue weighted by molar-refractivity contribution is -0.223. The first-order valence-electron chi connectivity index (χ1n) is 5.63. The van der Waals surface area contributed by atoms with Gasteiger partial charge >= 0.3 is 0 Å². The summed E-state index contributed by atoms with van der Waals surface area (Å²) >= 11 is 0. The van der Waals surface area contributed by atoms with E-state index in [0.29, 0.717) is 5.71 Å². The Kier molecular flexibility index (Phi) is 2.94. The van der Waals surface area contributed by atoms with Crippen LogP contribution in [0.25, 0.3) is 0 Å². The van der Waals surface area contributed by atoms with E-state index in [1.807, 2.05) is 20.8 Å². The fourth-order valence-electron chi connectivity index (χ4n) is 2.62. The molecular weight excluding hydrogens is 226 g/mol. The van der Waals surface area contributed by atoms with Gasteiger partial charge in [0.2, 0.25) is 0 Å². The monoisotopic (exact) mass is 245 g/mol. The van der Waals surface area contributed by atoms with Crippen LogP contribution in [0.3, 0.4) is 0 Å². The van der Waals surface area contributed by atoms with Gasteiger partial charge in [-0.2, -0.15) is 0 Å². The Labute approximate surface area is 100 Å². The van der Waals surface area contributed by atoms with Gasteiger partial charge in [0.1, 0.15) is 23.5 Å². The molecule has 2 aliphatic heterocycles. The van der Waals surface area contributed by atoms with Gasteiger partial charge in [-0.1, -0.05) is 5.16 Å². The lowest BCUT2D eigenvalue weighted by Crippen LogP contribution is -2.60. The Balaban J connectivity index is 2.41. The molecule has 2 rings (SSSR count). The SMILES string of the molecule is CO[C@@H]1O[C@@H](C)/C(=N\O)[C@@]2(C)OC(C)(C)O[C@@H]12. The van der Waals surface area contributed by atoms with Crippen LogP contribution in [-0.4, -0.2) is 47.9 Å². The molecule has 0 spiro atoms. The minimum atomic E-state index is -0.837. The van der Waals surface area contributed by atoms with Crippen LogP contribution in [0.4, 0.5) is 0 Å². The summed E-state index contributed by atoms with van der Waals surface area (Å²) in [4.78, 5) is 0. The molecular formula is C11H19NO5. The van der Waals surface area contributed by atoms with E-state index in [1.165, 1.54) is 0 Å². The van der Waals surface area contributed by atoms with Crippen molar-refractivity contribution < 1.29 is 24.2 Å². The fourth-order valence-corrected chi connectivity index (χ4v) is 2.62. The minimum Gasteiger partial charge on any atom is -0.411 e. The summed E-state index contributed by atoms with van der Waals surface area (Å²) in [6.45, 7) is 7.23. The maximum Gasteiger partial charge on any atom is 0.187 e. The maximum atomic E-state index is 9.13. The van der Waals surface area contributed by atoms with Crippen molar-refractivity contribution in [3.05, 3.63) is 0 Å². The second-order valence-corrected chi connectivity index (χ2v) is 5.02. The average Bonchev–Trinajstić information content (AvgIpc) is 2.46. The van der Waals surface area contributed by atoms with Gasteiger partial charge in [0.05, 0.1) is 0 Å². The number of nitrogens with zero attached hydrogens (tertiary/aromatic N) is 1. The predicted molar refractivity (Wildman–Crippen MR) is 59.0 cm³/mol. The quantitative estimate of drug-likeness (QED) is 0.553. The van der Waals surface area contributed by atoms with Crippen molar-refractivity contribution >= 4 is 5.71 Å². The van der Waals surface area contributed by atoms with E-state index < -0.39 is 23.8 Å². The Bertz CT molecular complexity index is 343. The molecule has 98 valence electrons. The summed E-state index contributed by atoms with van der Waals surface area (Å²) in [5.41, 5.74) is -0.419. The van der Waals surface area contributed by atoms with Crippen LogP contribution in [0, 0.1) is 0 Å². The predicted octanol–water partition coefficient (Wildman–Crippen LogP) is 1.12. The van der Waals surface area contributed by atoms with Crippen LogP contribution in [0.15, 0.2) is 5.16 Å². The molecule has 6 heteroatoms. The van der Waals surface area contributed by atoms with E-state index in [-0.39, 0.29) is 6.10 Å². The van der Waals surface area contributed by atoms with Crippen LogP contribution in [0.5, 0.6) is 0 Å². The molecule has 0 aliphatic carbocycles. The molecule has 4 atom stereocenters. The van der Waals surface area contributed by atoms with Gasteiger partial charge in [-0.05, 0) is 27.7 Å². The van der Waals surface area contributed by atoms with E-state index in [1.54, 1.807) is 14.0 Å². The number of oxime groups is 1. The molecule has 2 aliphatic rings. The molecule has 0 aromatic heterocycles. The average molecular weight is 245 g/mol. The lowest BCUT2D eigenvalue weighted by atomic mass is 9.87. The first-order valence-corrected chi connectivity index (χ1v) is 5.63. The molecule has 0 saturated carbocycles. The Morgan fingerprint density at radius 2 is 2.00 bits per heavy atom. The topological polar surface area (TPSA) is 69.5 Å². The van der Waals surface area contributed by atoms with Crippen molar-refractivity contribution in [1.82, 2.24) is 0 Å². The third-order valence-corrected chi connectivity index (χ3v) is 3.23. The fraction of sp³-hybridized carbons (Fsp3) is 0.909. The van der Waals surface area contributed by atoms with Gasteiger partial charge < -0.3 is 24.2 Å². The molecule has 2 fully saturated rings. The second-order valence-electron chi connectivity index (χ2n) is 5.02. The van der Waals surface area contributed by atoms with E-state index in [0.717, 1.165) is 0 Å². The standard InChI is InChI=1S/C11H19NO5/c1-6-7(12-13)11(4)8(9(14-5)15-6)16-10(2,3)17-11/h6,8-9,13H,1-5H3/b12-7+/t6-,8-,9+,11+/m0/s1. The second kappa shape index (κ2) is 3.91. The molecule has 0 aromatic carbocycles. The van der Waals surface area contributed by atoms with Gasteiger partial charge in [0.15, 0.2) is 12.1 Å². The number of hydrogen-bond acceptors (Lipinski definition) is 6. The van der Waals surface area contributed by atoms with Crippen LogP contribution >= 0.6 is 0 Å². The largest absolute Gasteiger partial charge is 0.411 e. The zero-order chi connectivity index (χ0) is 12.8. The van der Waals surface area contributed by atoms with Crippen molar-refractivity contribution in [2.75, 3.05) is 7.11 Å².